The number of carbonyl (C=O) groups is 2. The van der Waals surface area contributed by atoms with Gasteiger partial charge in [0.1, 0.15) is 0 Å². The molecule has 1 aromatic heterocycles. The van der Waals surface area contributed by atoms with Crippen LogP contribution in [0.3, 0.4) is 0 Å². The van der Waals surface area contributed by atoms with E-state index in [9.17, 15) is 9.59 Å². The summed E-state index contributed by atoms with van der Waals surface area (Å²) in [4.78, 5) is 31.9. The van der Waals surface area contributed by atoms with Crippen LogP contribution >= 0.6 is 11.8 Å². The number of H-pyrrole nitrogens is 1. The van der Waals surface area contributed by atoms with Crippen LogP contribution in [0.4, 0.5) is 10.5 Å². The summed E-state index contributed by atoms with van der Waals surface area (Å²) in [5, 5.41) is 5.25. The Kier molecular flexibility index (Phi) is 5.27. The van der Waals surface area contributed by atoms with Gasteiger partial charge in [0.2, 0.25) is 5.91 Å². The average Bonchev–Trinajstić information content (AvgIpc) is 2.99. The van der Waals surface area contributed by atoms with E-state index in [-0.39, 0.29) is 5.91 Å². The number of carbonyl (C=O) groups excluding carboxylic acids is 2. The molecule has 3 aromatic rings. The Hall–Kier alpha value is -2.80. The van der Waals surface area contributed by atoms with Crippen LogP contribution < -0.4 is 10.6 Å². The first-order chi connectivity index (χ1) is 12.4. The number of aromatic amines is 1. The van der Waals surface area contributed by atoms with E-state index in [4.69, 9.17) is 0 Å². The van der Waals surface area contributed by atoms with Crippen molar-refractivity contribution in [1.29, 1.82) is 0 Å². The standard InChI is InChI=1S/C19H20N4O2S/c1-11-8-9-14(12(2)10-11)20-18(25)23-17(24)13(3)26-19-21-15-6-4-5-7-16(15)22-19/h4-10,13H,1-3H3,(H,21,22)(H2,20,23,24,25)/t13-/m0/s1. The number of imidazole rings is 1. The van der Waals surface area contributed by atoms with Gasteiger partial charge in [-0.25, -0.2) is 9.78 Å². The van der Waals surface area contributed by atoms with E-state index in [1.165, 1.54) is 11.8 Å². The highest BCUT2D eigenvalue weighted by Gasteiger charge is 2.19. The third kappa shape index (κ3) is 4.23. The number of imide groups is 1. The number of amides is 3. The Balaban J connectivity index is 1.58. The highest BCUT2D eigenvalue weighted by atomic mass is 32.2. The zero-order chi connectivity index (χ0) is 18.7. The number of urea groups is 1. The first-order valence-corrected chi connectivity index (χ1v) is 9.11. The maximum Gasteiger partial charge on any atom is 0.325 e. The average molecular weight is 368 g/mol. The molecule has 26 heavy (non-hydrogen) atoms. The van der Waals surface area contributed by atoms with Crippen LogP contribution in [0.25, 0.3) is 11.0 Å². The Morgan fingerprint density at radius 2 is 1.92 bits per heavy atom. The van der Waals surface area contributed by atoms with Gasteiger partial charge in [0, 0.05) is 5.69 Å². The van der Waals surface area contributed by atoms with Crippen LogP contribution in [0.15, 0.2) is 47.6 Å². The lowest BCUT2D eigenvalue weighted by atomic mass is 10.1. The number of anilines is 1. The monoisotopic (exact) mass is 368 g/mol. The van der Waals surface area contributed by atoms with Crippen molar-refractivity contribution in [2.24, 2.45) is 0 Å². The summed E-state index contributed by atoms with van der Waals surface area (Å²) >= 11 is 1.27. The summed E-state index contributed by atoms with van der Waals surface area (Å²) in [6.45, 7) is 5.62. The number of nitrogens with one attached hydrogen (secondary N) is 3. The van der Waals surface area contributed by atoms with Crippen LogP contribution in [0.5, 0.6) is 0 Å². The fraction of sp³-hybridized carbons (Fsp3) is 0.211. The number of thioether (sulfide) groups is 1. The van der Waals surface area contributed by atoms with Crippen molar-refractivity contribution in [3.63, 3.8) is 0 Å². The van der Waals surface area contributed by atoms with E-state index in [0.29, 0.717) is 10.8 Å². The van der Waals surface area contributed by atoms with Crippen LogP contribution in [-0.4, -0.2) is 27.2 Å². The zero-order valence-electron chi connectivity index (χ0n) is 14.8. The molecule has 7 heteroatoms. The minimum Gasteiger partial charge on any atom is -0.333 e. The number of nitrogens with zero attached hydrogens (tertiary/aromatic N) is 1. The third-order valence-electron chi connectivity index (χ3n) is 3.89. The number of fused-ring (bicyclic) bond motifs is 1. The molecule has 0 aliphatic heterocycles. The summed E-state index contributed by atoms with van der Waals surface area (Å²) < 4.78 is 0. The smallest absolute Gasteiger partial charge is 0.325 e. The second-order valence-electron chi connectivity index (χ2n) is 6.08. The van der Waals surface area contributed by atoms with Crippen molar-refractivity contribution in [3.8, 4) is 0 Å². The van der Waals surface area contributed by atoms with E-state index in [1.54, 1.807) is 6.92 Å². The fourth-order valence-electron chi connectivity index (χ4n) is 2.53. The molecule has 2 aromatic carbocycles. The van der Waals surface area contributed by atoms with Crippen molar-refractivity contribution in [2.45, 2.75) is 31.2 Å². The lowest BCUT2D eigenvalue weighted by molar-refractivity contribution is -0.119. The molecule has 1 atom stereocenters. The van der Waals surface area contributed by atoms with Crippen molar-refractivity contribution in [2.75, 3.05) is 5.32 Å². The zero-order valence-corrected chi connectivity index (χ0v) is 15.6. The van der Waals surface area contributed by atoms with Crippen molar-refractivity contribution in [1.82, 2.24) is 15.3 Å². The molecule has 0 aliphatic rings. The van der Waals surface area contributed by atoms with Gasteiger partial charge in [0.15, 0.2) is 5.16 Å². The number of hydrogen-bond donors (Lipinski definition) is 3. The SMILES string of the molecule is Cc1ccc(NC(=O)NC(=O)[C@H](C)Sc2nc3ccccc3[nH]2)c(C)c1. The number of aryl methyl sites for hydroxylation is 2. The highest BCUT2D eigenvalue weighted by molar-refractivity contribution is 8.00. The van der Waals surface area contributed by atoms with Gasteiger partial charge in [-0.15, -0.1) is 0 Å². The summed E-state index contributed by atoms with van der Waals surface area (Å²) in [5.41, 5.74) is 4.49. The molecule has 0 radical (unpaired) electrons. The predicted molar refractivity (Wildman–Crippen MR) is 104 cm³/mol. The maximum absolute atomic E-state index is 12.3. The molecule has 0 bridgehead atoms. The van der Waals surface area contributed by atoms with E-state index < -0.39 is 11.3 Å². The molecule has 0 fully saturated rings. The number of para-hydroxylation sites is 2. The van der Waals surface area contributed by atoms with E-state index in [2.05, 4.69) is 20.6 Å². The maximum atomic E-state index is 12.3. The van der Waals surface area contributed by atoms with Gasteiger partial charge >= 0.3 is 6.03 Å². The molecular formula is C19H20N4O2S. The Labute approximate surface area is 155 Å². The Morgan fingerprint density at radius 3 is 2.65 bits per heavy atom. The first-order valence-electron chi connectivity index (χ1n) is 8.23. The summed E-state index contributed by atoms with van der Waals surface area (Å²) in [5.74, 6) is -0.377. The quantitative estimate of drug-likeness (QED) is 0.607. The van der Waals surface area contributed by atoms with Gasteiger partial charge in [-0.2, -0.15) is 0 Å². The van der Waals surface area contributed by atoms with Gasteiger partial charge in [-0.1, -0.05) is 41.6 Å². The van der Waals surface area contributed by atoms with Crippen molar-refractivity contribution in [3.05, 3.63) is 53.6 Å². The molecule has 0 saturated heterocycles. The number of aromatic nitrogens is 2. The van der Waals surface area contributed by atoms with Gasteiger partial charge in [-0.3, -0.25) is 10.1 Å². The second-order valence-corrected chi connectivity index (χ2v) is 7.41. The minimum absolute atomic E-state index is 0.377. The topological polar surface area (TPSA) is 86.9 Å². The van der Waals surface area contributed by atoms with Crippen LogP contribution in [-0.2, 0) is 4.79 Å². The summed E-state index contributed by atoms with van der Waals surface area (Å²) in [7, 11) is 0. The normalized spacial score (nSPS) is 12.0. The third-order valence-corrected chi connectivity index (χ3v) is 4.88. The Bertz CT molecular complexity index is 934. The molecule has 0 spiro atoms. The van der Waals surface area contributed by atoms with Crippen LogP contribution in [0, 0.1) is 13.8 Å². The number of hydrogen-bond acceptors (Lipinski definition) is 4. The molecule has 3 N–H and O–H groups in total. The van der Waals surface area contributed by atoms with Gasteiger partial charge in [-0.05, 0) is 44.5 Å². The molecule has 1 heterocycles. The van der Waals surface area contributed by atoms with Gasteiger partial charge in [0.25, 0.3) is 0 Å². The van der Waals surface area contributed by atoms with Crippen molar-refractivity contribution < 1.29 is 9.59 Å². The fourth-order valence-corrected chi connectivity index (χ4v) is 3.35. The molecule has 0 saturated carbocycles. The number of benzene rings is 2. The van der Waals surface area contributed by atoms with E-state index >= 15 is 0 Å². The molecule has 0 unspecified atom stereocenters. The lowest BCUT2D eigenvalue weighted by Crippen LogP contribution is -2.39. The Morgan fingerprint density at radius 1 is 1.15 bits per heavy atom. The first kappa shape index (κ1) is 18.0. The van der Waals surface area contributed by atoms with Crippen LogP contribution in [0.1, 0.15) is 18.1 Å². The molecule has 3 rings (SSSR count). The largest absolute Gasteiger partial charge is 0.333 e. The van der Waals surface area contributed by atoms with E-state index in [0.717, 1.165) is 22.2 Å². The van der Waals surface area contributed by atoms with E-state index in [1.807, 2.05) is 56.3 Å². The summed E-state index contributed by atoms with van der Waals surface area (Å²) in [6, 6.07) is 12.8. The lowest BCUT2D eigenvalue weighted by Gasteiger charge is -2.12. The van der Waals surface area contributed by atoms with Gasteiger partial charge in [0.05, 0.1) is 16.3 Å². The van der Waals surface area contributed by atoms with Crippen LogP contribution in [0.2, 0.25) is 0 Å². The van der Waals surface area contributed by atoms with Gasteiger partial charge < -0.3 is 10.3 Å². The summed E-state index contributed by atoms with van der Waals surface area (Å²) in [6.07, 6.45) is 0. The molecule has 134 valence electrons. The second kappa shape index (κ2) is 7.61. The van der Waals surface area contributed by atoms with Crippen molar-refractivity contribution >= 4 is 40.4 Å². The predicted octanol–water partition coefficient (Wildman–Crippen LogP) is 4.01. The number of rotatable bonds is 4. The molecule has 3 amide bonds. The highest BCUT2D eigenvalue weighted by Crippen LogP contribution is 2.23. The minimum atomic E-state index is -0.543. The molecular weight excluding hydrogens is 348 g/mol. The molecule has 0 aliphatic carbocycles. The molecule has 6 nitrogen and oxygen atoms in total.